The van der Waals surface area contributed by atoms with Gasteiger partial charge in [-0.3, -0.25) is 0 Å². The molecular formula is C21H28N2Si. The van der Waals surface area contributed by atoms with Crippen molar-refractivity contribution in [3.63, 3.8) is 0 Å². The molecule has 1 heterocycles. The zero-order valence-corrected chi connectivity index (χ0v) is 15.8. The number of aromatic amines is 1. The van der Waals surface area contributed by atoms with Gasteiger partial charge in [-0.2, -0.15) is 0 Å². The number of hydrogen-bond donors (Lipinski definition) is 2. The Kier molecular flexibility index (Phi) is 4.23. The van der Waals surface area contributed by atoms with E-state index in [-0.39, 0.29) is 0 Å². The molecule has 3 heteroatoms. The highest BCUT2D eigenvalue weighted by Gasteiger charge is 2.39. The Balaban J connectivity index is 1.66. The van der Waals surface area contributed by atoms with Gasteiger partial charge in [0.15, 0.2) is 0 Å². The van der Waals surface area contributed by atoms with Crippen molar-refractivity contribution in [1.82, 2.24) is 9.97 Å². The summed E-state index contributed by atoms with van der Waals surface area (Å²) < 4.78 is 0. The van der Waals surface area contributed by atoms with Crippen molar-refractivity contribution in [3.8, 4) is 0 Å². The Bertz CT molecular complexity index is 724. The van der Waals surface area contributed by atoms with Crippen molar-refractivity contribution in [2.75, 3.05) is 0 Å². The second kappa shape index (κ2) is 6.38. The van der Waals surface area contributed by atoms with Crippen molar-refractivity contribution in [1.29, 1.82) is 0 Å². The van der Waals surface area contributed by atoms with Gasteiger partial charge in [0.1, 0.15) is 8.24 Å². The number of allylic oxidation sites excluding steroid dienone is 1. The molecule has 1 saturated carbocycles. The van der Waals surface area contributed by atoms with Crippen LogP contribution in [0.25, 0.3) is 5.57 Å². The predicted molar refractivity (Wildman–Crippen MR) is 105 cm³/mol. The third kappa shape index (κ3) is 2.91. The largest absolute Gasteiger partial charge is 0.361 e. The lowest BCUT2D eigenvalue weighted by Gasteiger charge is -2.36. The van der Waals surface area contributed by atoms with Crippen LogP contribution in [0.1, 0.15) is 54.5 Å². The minimum atomic E-state index is -1.60. The number of hydrogen-bond acceptors (Lipinski definition) is 1. The van der Waals surface area contributed by atoms with E-state index in [0.717, 1.165) is 6.04 Å². The SMILES string of the molecule is C[Si](C)(NC1CCCCC1)C1C=C(c2ccc[nH]2)c2ccccc21. The third-order valence-corrected chi connectivity index (χ3v) is 8.95. The van der Waals surface area contributed by atoms with Gasteiger partial charge in [0.25, 0.3) is 0 Å². The smallest absolute Gasteiger partial charge is 0.131 e. The molecule has 2 aliphatic carbocycles. The number of nitrogens with one attached hydrogen (secondary N) is 2. The number of H-pyrrole nitrogens is 1. The number of fused-ring (bicyclic) bond motifs is 1. The van der Waals surface area contributed by atoms with E-state index in [1.54, 1.807) is 0 Å². The van der Waals surface area contributed by atoms with Gasteiger partial charge in [0.05, 0.1) is 0 Å². The molecule has 0 bridgehead atoms. The average Bonchev–Trinajstić information content (AvgIpc) is 3.23. The molecule has 0 aliphatic heterocycles. The summed E-state index contributed by atoms with van der Waals surface area (Å²) in [5.41, 5.74) is 6.10. The van der Waals surface area contributed by atoms with E-state index in [4.69, 9.17) is 0 Å². The van der Waals surface area contributed by atoms with E-state index < -0.39 is 8.24 Å². The first kappa shape index (κ1) is 15.9. The van der Waals surface area contributed by atoms with Crippen LogP contribution in [0.3, 0.4) is 0 Å². The van der Waals surface area contributed by atoms with Crippen molar-refractivity contribution in [3.05, 3.63) is 65.5 Å². The summed E-state index contributed by atoms with van der Waals surface area (Å²) in [4.78, 5) is 7.53. The van der Waals surface area contributed by atoms with Crippen LogP contribution < -0.4 is 4.98 Å². The van der Waals surface area contributed by atoms with Crippen LogP contribution in [0, 0.1) is 0 Å². The first-order valence-corrected chi connectivity index (χ1v) is 12.5. The number of benzene rings is 1. The predicted octanol–water partition coefficient (Wildman–Crippen LogP) is 5.21. The second-order valence-electron chi connectivity index (χ2n) is 7.93. The van der Waals surface area contributed by atoms with Crippen LogP contribution in [0.15, 0.2) is 48.7 Å². The standard InChI is InChI=1S/C21H28N2Si/c1-24(2,23-16-9-4-3-5-10-16)21-15-19(20-13-8-14-22-20)17-11-6-7-12-18(17)21/h6-8,11-16,21-23H,3-5,9-10H2,1-2H3. The fourth-order valence-electron chi connectivity index (χ4n) is 4.55. The molecule has 1 unspecified atom stereocenters. The van der Waals surface area contributed by atoms with E-state index >= 15 is 0 Å². The summed E-state index contributed by atoms with van der Waals surface area (Å²) in [5.74, 6) is 0. The van der Waals surface area contributed by atoms with Gasteiger partial charge in [0, 0.05) is 29.0 Å². The minimum Gasteiger partial charge on any atom is -0.361 e. The molecule has 1 aromatic heterocycles. The van der Waals surface area contributed by atoms with Crippen molar-refractivity contribution in [2.24, 2.45) is 0 Å². The third-order valence-electron chi connectivity index (χ3n) is 5.77. The summed E-state index contributed by atoms with van der Waals surface area (Å²) in [5, 5.41) is 0. The molecule has 1 atom stereocenters. The Labute approximate surface area is 146 Å². The summed E-state index contributed by atoms with van der Waals surface area (Å²) in [7, 11) is -1.60. The number of aromatic nitrogens is 1. The van der Waals surface area contributed by atoms with Crippen LogP contribution >= 0.6 is 0 Å². The van der Waals surface area contributed by atoms with E-state index in [1.807, 2.05) is 6.20 Å². The molecule has 1 fully saturated rings. The highest BCUT2D eigenvalue weighted by Crippen LogP contribution is 2.42. The van der Waals surface area contributed by atoms with Gasteiger partial charge >= 0.3 is 0 Å². The number of rotatable bonds is 4. The monoisotopic (exact) mass is 336 g/mol. The molecule has 0 spiro atoms. The molecule has 2 aromatic rings. The Morgan fingerprint density at radius 1 is 1.00 bits per heavy atom. The van der Waals surface area contributed by atoms with Crippen LogP contribution in [-0.4, -0.2) is 19.3 Å². The highest BCUT2D eigenvalue weighted by atomic mass is 28.3. The molecule has 0 saturated heterocycles. The summed E-state index contributed by atoms with van der Waals surface area (Å²) in [6.45, 7) is 5.02. The van der Waals surface area contributed by atoms with Crippen molar-refractivity contribution < 1.29 is 0 Å². The van der Waals surface area contributed by atoms with E-state index in [0.29, 0.717) is 5.54 Å². The maximum atomic E-state index is 4.13. The Morgan fingerprint density at radius 2 is 1.79 bits per heavy atom. The lowest BCUT2D eigenvalue weighted by Crippen LogP contribution is -2.54. The zero-order chi connectivity index (χ0) is 16.6. The fourth-order valence-corrected chi connectivity index (χ4v) is 7.69. The van der Waals surface area contributed by atoms with Crippen LogP contribution in [0.5, 0.6) is 0 Å². The molecular weight excluding hydrogens is 308 g/mol. The van der Waals surface area contributed by atoms with Gasteiger partial charge < -0.3 is 9.97 Å². The first-order chi connectivity index (χ1) is 11.6. The second-order valence-corrected chi connectivity index (χ2v) is 12.3. The lowest BCUT2D eigenvalue weighted by molar-refractivity contribution is 0.413. The summed E-state index contributed by atoms with van der Waals surface area (Å²) in [6, 6.07) is 14.0. The van der Waals surface area contributed by atoms with Crippen LogP contribution in [0.2, 0.25) is 13.1 Å². The van der Waals surface area contributed by atoms with Crippen LogP contribution in [0.4, 0.5) is 0 Å². The van der Waals surface area contributed by atoms with Gasteiger partial charge in [-0.15, -0.1) is 0 Å². The lowest BCUT2D eigenvalue weighted by atomic mass is 9.96. The molecule has 0 radical (unpaired) electrons. The summed E-state index contributed by atoms with van der Waals surface area (Å²) >= 11 is 0. The topological polar surface area (TPSA) is 27.8 Å². The Hall–Kier alpha value is -1.58. The van der Waals surface area contributed by atoms with Gasteiger partial charge in [-0.25, -0.2) is 0 Å². The highest BCUT2D eigenvalue weighted by molar-refractivity contribution is 6.77. The Morgan fingerprint density at radius 3 is 2.54 bits per heavy atom. The minimum absolute atomic E-state index is 0.550. The van der Waals surface area contributed by atoms with Gasteiger partial charge in [-0.1, -0.05) is 62.7 Å². The van der Waals surface area contributed by atoms with Gasteiger partial charge in [0.2, 0.25) is 0 Å². The molecule has 2 aliphatic rings. The van der Waals surface area contributed by atoms with E-state index in [1.165, 1.54) is 54.5 Å². The molecule has 126 valence electrons. The molecule has 24 heavy (non-hydrogen) atoms. The summed E-state index contributed by atoms with van der Waals surface area (Å²) in [6.07, 6.45) is 11.5. The normalized spacial score (nSPS) is 21.6. The molecule has 2 nitrogen and oxygen atoms in total. The van der Waals surface area contributed by atoms with Gasteiger partial charge in [-0.05, 0) is 36.1 Å². The molecule has 4 rings (SSSR count). The maximum Gasteiger partial charge on any atom is 0.131 e. The molecule has 1 aromatic carbocycles. The van der Waals surface area contributed by atoms with E-state index in [9.17, 15) is 0 Å². The molecule has 0 amide bonds. The van der Waals surface area contributed by atoms with Crippen molar-refractivity contribution >= 4 is 13.8 Å². The maximum absolute atomic E-state index is 4.13. The van der Waals surface area contributed by atoms with E-state index in [2.05, 4.69) is 65.5 Å². The van der Waals surface area contributed by atoms with Crippen molar-refractivity contribution in [2.45, 2.75) is 56.8 Å². The van der Waals surface area contributed by atoms with Crippen LogP contribution in [-0.2, 0) is 0 Å². The first-order valence-electron chi connectivity index (χ1n) is 9.38. The quantitative estimate of drug-likeness (QED) is 0.737. The molecule has 2 N–H and O–H groups in total. The average molecular weight is 337 g/mol. The zero-order valence-electron chi connectivity index (χ0n) is 14.8. The fraction of sp³-hybridized carbons (Fsp3) is 0.429.